The van der Waals surface area contributed by atoms with Crippen molar-refractivity contribution in [3.8, 4) is 0 Å². The molecule has 0 saturated carbocycles. The molecular weight excluding hydrogens is 154 g/mol. The maximum absolute atomic E-state index is 10.6. The van der Waals surface area contributed by atoms with Gasteiger partial charge in [0, 0.05) is 6.54 Å². The molecule has 2 atom stereocenters. The molecule has 0 aromatic carbocycles. The van der Waals surface area contributed by atoms with Crippen molar-refractivity contribution < 1.29 is 9.90 Å². The minimum absolute atomic E-state index is 0.262. The number of rotatable bonds is 5. The fourth-order valence-corrected chi connectivity index (χ4v) is 1.62. The third kappa shape index (κ3) is 2.21. The predicted molar refractivity (Wildman–Crippen MR) is 47.1 cm³/mol. The highest BCUT2D eigenvalue weighted by Crippen LogP contribution is 2.20. The summed E-state index contributed by atoms with van der Waals surface area (Å²) < 4.78 is 0. The summed E-state index contributed by atoms with van der Waals surface area (Å²) in [6.45, 7) is 3.05. The smallest absolute Gasteiger partial charge is 0.321 e. The van der Waals surface area contributed by atoms with Crippen LogP contribution < -0.4 is 5.32 Å². The molecule has 1 heterocycles. The number of carboxylic acid groups (broad SMARTS) is 1. The Balaban J connectivity index is 2.12. The van der Waals surface area contributed by atoms with Gasteiger partial charge >= 0.3 is 5.97 Å². The zero-order valence-electron chi connectivity index (χ0n) is 7.55. The third-order valence-corrected chi connectivity index (χ3v) is 2.52. The van der Waals surface area contributed by atoms with E-state index in [9.17, 15) is 4.79 Å². The normalized spacial score (nSPS) is 28.1. The highest BCUT2D eigenvalue weighted by atomic mass is 16.4. The molecule has 3 heteroatoms. The van der Waals surface area contributed by atoms with Crippen molar-refractivity contribution in [1.29, 1.82) is 0 Å². The summed E-state index contributed by atoms with van der Waals surface area (Å²) in [5, 5.41) is 11.6. The standard InChI is InChI=1S/C9H17NO2/c1-2-3-4-5-7-6-10-8(7)9(11)12/h7-8,10H,2-6H2,1H3,(H,11,12). The van der Waals surface area contributed by atoms with Crippen molar-refractivity contribution in [2.75, 3.05) is 6.54 Å². The first-order chi connectivity index (χ1) is 5.75. The highest BCUT2D eigenvalue weighted by Gasteiger charge is 2.35. The molecule has 0 amide bonds. The Morgan fingerprint density at radius 3 is 2.75 bits per heavy atom. The molecular formula is C9H17NO2. The van der Waals surface area contributed by atoms with Gasteiger partial charge in [0.15, 0.2) is 0 Å². The molecule has 0 radical (unpaired) electrons. The summed E-state index contributed by atoms with van der Waals surface area (Å²) in [5.74, 6) is -0.309. The van der Waals surface area contributed by atoms with Gasteiger partial charge in [-0.1, -0.05) is 26.2 Å². The number of hydrogen-bond acceptors (Lipinski definition) is 2. The van der Waals surface area contributed by atoms with Crippen molar-refractivity contribution in [3.63, 3.8) is 0 Å². The zero-order chi connectivity index (χ0) is 8.97. The quantitative estimate of drug-likeness (QED) is 0.612. The Morgan fingerprint density at radius 2 is 2.33 bits per heavy atom. The number of carboxylic acids is 1. The monoisotopic (exact) mass is 171 g/mol. The van der Waals surface area contributed by atoms with Crippen LogP contribution in [-0.2, 0) is 4.79 Å². The molecule has 2 N–H and O–H groups in total. The average Bonchev–Trinajstić information content (AvgIpc) is 1.94. The lowest BCUT2D eigenvalue weighted by molar-refractivity contribution is -0.143. The Hall–Kier alpha value is -0.570. The molecule has 2 unspecified atom stereocenters. The molecule has 1 aliphatic heterocycles. The number of unbranched alkanes of at least 4 members (excludes halogenated alkanes) is 2. The molecule has 70 valence electrons. The van der Waals surface area contributed by atoms with Gasteiger partial charge in [-0.2, -0.15) is 0 Å². The van der Waals surface area contributed by atoms with Crippen molar-refractivity contribution in [2.24, 2.45) is 5.92 Å². The predicted octanol–water partition coefficient (Wildman–Crippen LogP) is 1.24. The number of carbonyl (C=O) groups is 1. The maximum atomic E-state index is 10.6. The van der Waals surface area contributed by atoms with Crippen LogP contribution in [0.15, 0.2) is 0 Å². The summed E-state index contributed by atoms with van der Waals surface area (Å²) >= 11 is 0. The topological polar surface area (TPSA) is 49.3 Å². The van der Waals surface area contributed by atoms with E-state index in [1.807, 2.05) is 0 Å². The van der Waals surface area contributed by atoms with Gasteiger partial charge in [-0.25, -0.2) is 0 Å². The van der Waals surface area contributed by atoms with Crippen LogP contribution in [-0.4, -0.2) is 23.7 Å². The lowest BCUT2D eigenvalue weighted by Gasteiger charge is -2.34. The summed E-state index contributed by atoms with van der Waals surface area (Å²) in [5.41, 5.74) is 0. The van der Waals surface area contributed by atoms with Gasteiger partial charge < -0.3 is 10.4 Å². The van der Waals surface area contributed by atoms with Crippen LogP contribution >= 0.6 is 0 Å². The molecule has 12 heavy (non-hydrogen) atoms. The Kier molecular flexibility index (Phi) is 3.53. The molecule has 3 nitrogen and oxygen atoms in total. The van der Waals surface area contributed by atoms with Crippen LogP contribution in [0.3, 0.4) is 0 Å². The van der Waals surface area contributed by atoms with E-state index in [0.717, 1.165) is 13.0 Å². The van der Waals surface area contributed by atoms with E-state index in [1.54, 1.807) is 0 Å². The summed E-state index contributed by atoms with van der Waals surface area (Å²) in [6, 6.07) is -0.262. The molecule has 0 bridgehead atoms. The Bertz CT molecular complexity index is 159. The van der Waals surface area contributed by atoms with E-state index in [2.05, 4.69) is 12.2 Å². The van der Waals surface area contributed by atoms with E-state index in [4.69, 9.17) is 5.11 Å². The molecule has 0 aromatic heterocycles. The molecule has 1 saturated heterocycles. The van der Waals surface area contributed by atoms with E-state index in [-0.39, 0.29) is 6.04 Å². The molecule has 1 aliphatic rings. The van der Waals surface area contributed by atoms with Gasteiger partial charge in [-0.15, -0.1) is 0 Å². The number of nitrogens with one attached hydrogen (secondary N) is 1. The van der Waals surface area contributed by atoms with Crippen molar-refractivity contribution >= 4 is 5.97 Å². The summed E-state index contributed by atoms with van der Waals surface area (Å²) in [6.07, 6.45) is 4.67. The van der Waals surface area contributed by atoms with Crippen LogP contribution in [0.25, 0.3) is 0 Å². The molecule has 0 aromatic rings. The van der Waals surface area contributed by atoms with Crippen LogP contribution in [0.4, 0.5) is 0 Å². The first-order valence-electron chi connectivity index (χ1n) is 4.72. The van der Waals surface area contributed by atoms with Gasteiger partial charge in [-0.05, 0) is 12.3 Å². The molecule has 1 rings (SSSR count). The third-order valence-electron chi connectivity index (χ3n) is 2.52. The van der Waals surface area contributed by atoms with Gasteiger partial charge in [0.25, 0.3) is 0 Å². The van der Waals surface area contributed by atoms with Crippen molar-refractivity contribution in [3.05, 3.63) is 0 Å². The first-order valence-corrected chi connectivity index (χ1v) is 4.72. The van der Waals surface area contributed by atoms with Gasteiger partial charge in [-0.3, -0.25) is 4.79 Å². The number of aliphatic carboxylic acids is 1. The SMILES string of the molecule is CCCCCC1CNC1C(=O)O. The lowest BCUT2D eigenvalue weighted by Crippen LogP contribution is -2.57. The summed E-state index contributed by atoms with van der Waals surface area (Å²) in [7, 11) is 0. The van der Waals surface area contributed by atoms with Crippen LogP contribution in [0.2, 0.25) is 0 Å². The van der Waals surface area contributed by atoms with E-state index in [0.29, 0.717) is 5.92 Å². The largest absolute Gasteiger partial charge is 0.480 e. The Morgan fingerprint density at radius 1 is 1.58 bits per heavy atom. The average molecular weight is 171 g/mol. The minimum Gasteiger partial charge on any atom is -0.480 e. The van der Waals surface area contributed by atoms with Gasteiger partial charge in [0.1, 0.15) is 6.04 Å². The zero-order valence-corrected chi connectivity index (χ0v) is 7.55. The van der Waals surface area contributed by atoms with E-state index < -0.39 is 5.97 Å². The Labute approximate surface area is 73.2 Å². The van der Waals surface area contributed by atoms with Crippen LogP contribution in [0.5, 0.6) is 0 Å². The second-order valence-corrected chi connectivity index (χ2v) is 3.48. The van der Waals surface area contributed by atoms with Crippen molar-refractivity contribution in [1.82, 2.24) is 5.32 Å². The fraction of sp³-hybridized carbons (Fsp3) is 0.889. The lowest BCUT2D eigenvalue weighted by atomic mass is 9.87. The molecule has 0 spiro atoms. The molecule has 1 fully saturated rings. The minimum atomic E-state index is -0.692. The van der Waals surface area contributed by atoms with Gasteiger partial charge in [0.2, 0.25) is 0 Å². The van der Waals surface area contributed by atoms with Crippen LogP contribution in [0.1, 0.15) is 32.6 Å². The second kappa shape index (κ2) is 4.45. The summed E-state index contributed by atoms with van der Waals surface area (Å²) in [4.78, 5) is 10.6. The maximum Gasteiger partial charge on any atom is 0.321 e. The van der Waals surface area contributed by atoms with E-state index in [1.165, 1.54) is 19.3 Å². The number of hydrogen-bond donors (Lipinski definition) is 2. The first kappa shape index (κ1) is 9.52. The molecule has 0 aliphatic carbocycles. The van der Waals surface area contributed by atoms with Crippen LogP contribution in [0, 0.1) is 5.92 Å². The van der Waals surface area contributed by atoms with Crippen molar-refractivity contribution in [2.45, 2.75) is 38.6 Å². The van der Waals surface area contributed by atoms with Gasteiger partial charge in [0.05, 0.1) is 0 Å². The second-order valence-electron chi connectivity index (χ2n) is 3.48. The highest BCUT2D eigenvalue weighted by molar-refractivity contribution is 5.75. The van der Waals surface area contributed by atoms with E-state index >= 15 is 0 Å². The fourth-order valence-electron chi connectivity index (χ4n) is 1.62.